The highest BCUT2D eigenvalue weighted by Crippen LogP contribution is 2.32. The number of rotatable bonds is 3. The number of non-ortho nitro benzene ring substituents is 1. The zero-order valence-corrected chi connectivity index (χ0v) is 13.5. The molecular formula is C16H9Cl2NO5. The van der Waals surface area contributed by atoms with Crippen LogP contribution < -0.4 is 9.47 Å². The van der Waals surface area contributed by atoms with Crippen LogP contribution >= 0.6 is 23.2 Å². The van der Waals surface area contributed by atoms with Crippen molar-refractivity contribution >= 4 is 40.9 Å². The highest BCUT2D eigenvalue weighted by molar-refractivity contribution is 6.32. The van der Waals surface area contributed by atoms with Gasteiger partial charge in [-0.25, -0.2) is 4.79 Å². The largest absolute Gasteiger partial charge is 0.488 e. The molecule has 0 radical (unpaired) electrons. The van der Waals surface area contributed by atoms with Gasteiger partial charge in [-0.1, -0.05) is 23.2 Å². The molecule has 0 amide bonds. The fourth-order valence-corrected chi connectivity index (χ4v) is 2.51. The molecule has 1 aliphatic rings. The summed E-state index contributed by atoms with van der Waals surface area (Å²) in [4.78, 5) is 22.3. The highest BCUT2D eigenvalue weighted by Gasteiger charge is 2.21. The molecular weight excluding hydrogens is 357 g/mol. The van der Waals surface area contributed by atoms with Crippen LogP contribution in [-0.2, 0) is 4.79 Å². The van der Waals surface area contributed by atoms with Crippen molar-refractivity contribution in [3.8, 4) is 11.5 Å². The Morgan fingerprint density at radius 2 is 2.00 bits per heavy atom. The second kappa shape index (κ2) is 6.51. The van der Waals surface area contributed by atoms with Gasteiger partial charge in [0.2, 0.25) is 0 Å². The number of hydrogen-bond acceptors (Lipinski definition) is 5. The minimum absolute atomic E-state index is 0.0293. The number of halogens is 2. The van der Waals surface area contributed by atoms with Crippen molar-refractivity contribution in [3.05, 3.63) is 67.7 Å². The number of nitro benzene ring substituents is 1. The topological polar surface area (TPSA) is 78.7 Å². The Balaban J connectivity index is 1.82. The van der Waals surface area contributed by atoms with E-state index in [0.29, 0.717) is 16.3 Å². The molecule has 0 atom stereocenters. The summed E-state index contributed by atoms with van der Waals surface area (Å²) in [7, 11) is 0. The van der Waals surface area contributed by atoms with E-state index in [2.05, 4.69) is 0 Å². The number of fused-ring (bicyclic) bond motifs is 1. The number of nitro groups is 1. The molecule has 24 heavy (non-hydrogen) atoms. The summed E-state index contributed by atoms with van der Waals surface area (Å²) in [6.07, 6.45) is 1.62. The van der Waals surface area contributed by atoms with Gasteiger partial charge in [0.25, 0.3) is 5.69 Å². The molecule has 2 aromatic carbocycles. The third-order valence-electron chi connectivity index (χ3n) is 3.28. The maximum Gasteiger partial charge on any atom is 0.342 e. The first kappa shape index (κ1) is 16.3. The van der Waals surface area contributed by atoms with Gasteiger partial charge in [-0.05, 0) is 30.3 Å². The monoisotopic (exact) mass is 365 g/mol. The van der Waals surface area contributed by atoms with Crippen molar-refractivity contribution in [2.45, 2.75) is 0 Å². The van der Waals surface area contributed by atoms with E-state index in [1.807, 2.05) is 0 Å². The first-order valence-electron chi connectivity index (χ1n) is 6.73. The van der Waals surface area contributed by atoms with E-state index >= 15 is 0 Å². The molecule has 6 nitrogen and oxygen atoms in total. The predicted molar refractivity (Wildman–Crippen MR) is 88.7 cm³/mol. The van der Waals surface area contributed by atoms with Gasteiger partial charge < -0.3 is 9.47 Å². The van der Waals surface area contributed by atoms with Crippen LogP contribution in [0.5, 0.6) is 11.5 Å². The van der Waals surface area contributed by atoms with E-state index in [0.717, 1.165) is 6.07 Å². The van der Waals surface area contributed by atoms with E-state index < -0.39 is 10.9 Å². The Bertz CT molecular complexity index is 879. The second-order valence-corrected chi connectivity index (χ2v) is 5.75. The van der Waals surface area contributed by atoms with Crippen LogP contribution in [0.2, 0.25) is 10.0 Å². The van der Waals surface area contributed by atoms with E-state index in [4.69, 9.17) is 32.7 Å². The van der Waals surface area contributed by atoms with Gasteiger partial charge in [-0.2, -0.15) is 0 Å². The summed E-state index contributed by atoms with van der Waals surface area (Å²) < 4.78 is 10.7. The van der Waals surface area contributed by atoms with Gasteiger partial charge in [-0.3, -0.25) is 10.1 Å². The van der Waals surface area contributed by atoms with Crippen molar-refractivity contribution in [1.82, 2.24) is 0 Å². The molecule has 1 heterocycles. The maximum atomic E-state index is 12.2. The Kier molecular flexibility index (Phi) is 4.42. The lowest BCUT2D eigenvalue weighted by Crippen LogP contribution is -2.19. The minimum atomic E-state index is -0.656. The Morgan fingerprint density at radius 3 is 2.71 bits per heavy atom. The Labute approximate surface area is 146 Å². The molecule has 1 aliphatic heterocycles. The van der Waals surface area contributed by atoms with Crippen LogP contribution in [0, 0.1) is 10.1 Å². The number of carbonyl (C=O) groups excluding carboxylic acids is 1. The van der Waals surface area contributed by atoms with Crippen LogP contribution in [0.15, 0.2) is 42.0 Å². The molecule has 0 spiro atoms. The van der Waals surface area contributed by atoms with Gasteiger partial charge in [0.15, 0.2) is 0 Å². The Hall–Kier alpha value is -2.57. The molecule has 0 unspecified atom stereocenters. The number of carbonyl (C=O) groups is 1. The van der Waals surface area contributed by atoms with E-state index in [-0.39, 0.29) is 28.6 Å². The smallest absolute Gasteiger partial charge is 0.342 e. The molecule has 2 aromatic rings. The van der Waals surface area contributed by atoms with Crippen LogP contribution in [0.3, 0.4) is 0 Å². The van der Waals surface area contributed by atoms with Crippen molar-refractivity contribution in [3.63, 3.8) is 0 Å². The molecule has 8 heteroatoms. The minimum Gasteiger partial charge on any atom is -0.488 e. The quantitative estimate of drug-likeness (QED) is 0.351. The third kappa shape index (κ3) is 3.34. The van der Waals surface area contributed by atoms with Crippen molar-refractivity contribution in [2.24, 2.45) is 0 Å². The lowest BCUT2D eigenvalue weighted by atomic mass is 10.1. The molecule has 3 rings (SSSR count). The summed E-state index contributed by atoms with van der Waals surface area (Å²) >= 11 is 11.8. The normalized spacial score (nSPS) is 12.7. The maximum absolute atomic E-state index is 12.2. The molecule has 0 saturated carbocycles. The van der Waals surface area contributed by atoms with Crippen molar-refractivity contribution in [1.29, 1.82) is 0 Å². The lowest BCUT2D eigenvalue weighted by molar-refractivity contribution is -0.384. The lowest BCUT2D eigenvalue weighted by Gasteiger charge is -2.17. The molecule has 0 bridgehead atoms. The molecule has 0 aromatic heterocycles. The molecule has 0 fully saturated rings. The fourth-order valence-electron chi connectivity index (χ4n) is 2.12. The van der Waals surface area contributed by atoms with Crippen molar-refractivity contribution < 1.29 is 19.2 Å². The summed E-state index contributed by atoms with van der Waals surface area (Å²) in [5.74, 6) is -0.00856. The zero-order chi connectivity index (χ0) is 17.3. The average Bonchev–Trinajstić information content (AvgIpc) is 2.55. The summed E-state index contributed by atoms with van der Waals surface area (Å²) in [5.41, 5.74) is 0.748. The fraction of sp³-hybridized carbons (Fsp3) is 0.0625. The van der Waals surface area contributed by atoms with Crippen LogP contribution in [-0.4, -0.2) is 17.5 Å². The van der Waals surface area contributed by atoms with E-state index in [1.54, 1.807) is 24.3 Å². The Morgan fingerprint density at radius 1 is 1.21 bits per heavy atom. The number of hydrogen-bond donors (Lipinski definition) is 0. The average molecular weight is 366 g/mol. The number of ether oxygens (including phenoxy) is 2. The number of nitrogens with zero attached hydrogens (tertiary/aromatic N) is 1. The summed E-state index contributed by atoms with van der Waals surface area (Å²) in [6, 6.07) is 8.66. The first-order chi connectivity index (χ1) is 11.4. The third-order valence-corrected chi connectivity index (χ3v) is 3.81. The molecule has 122 valence electrons. The number of benzene rings is 2. The van der Waals surface area contributed by atoms with Gasteiger partial charge in [0.05, 0.1) is 15.5 Å². The van der Waals surface area contributed by atoms with E-state index in [9.17, 15) is 14.9 Å². The van der Waals surface area contributed by atoms with Gasteiger partial charge >= 0.3 is 5.97 Å². The first-order valence-corrected chi connectivity index (χ1v) is 7.48. The SMILES string of the molecule is O=C(Oc1ccc([N+](=O)[O-])cc1Cl)C1=Cc2cc(Cl)ccc2OC1. The predicted octanol–water partition coefficient (Wildman–Crippen LogP) is 4.28. The molecule has 0 saturated heterocycles. The summed E-state index contributed by atoms with van der Waals surface area (Å²) in [5, 5.41) is 11.2. The van der Waals surface area contributed by atoms with Crippen LogP contribution in [0.25, 0.3) is 6.08 Å². The second-order valence-electron chi connectivity index (χ2n) is 4.90. The molecule has 0 aliphatic carbocycles. The van der Waals surface area contributed by atoms with Crippen molar-refractivity contribution in [2.75, 3.05) is 6.61 Å². The standard InChI is InChI=1S/C16H9Cl2NO5/c17-11-1-3-14-9(6-11)5-10(8-23-14)16(20)24-15-4-2-12(19(21)22)7-13(15)18/h1-7H,8H2. The van der Waals surface area contributed by atoms with Crippen LogP contribution in [0.4, 0.5) is 5.69 Å². The van der Waals surface area contributed by atoms with E-state index in [1.165, 1.54) is 12.1 Å². The van der Waals surface area contributed by atoms with Crippen LogP contribution in [0.1, 0.15) is 5.56 Å². The van der Waals surface area contributed by atoms with Gasteiger partial charge in [-0.15, -0.1) is 0 Å². The number of esters is 1. The van der Waals surface area contributed by atoms with Gasteiger partial charge in [0.1, 0.15) is 18.1 Å². The highest BCUT2D eigenvalue weighted by atomic mass is 35.5. The van der Waals surface area contributed by atoms with Gasteiger partial charge in [0, 0.05) is 22.7 Å². The molecule has 0 N–H and O–H groups in total. The zero-order valence-electron chi connectivity index (χ0n) is 12.0. The summed E-state index contributed by atoms with van der Waals surface area (Å²) in [6.45, 7) is 0.0397.